The van der Waals surface area contributed by atoms with Gasteiger partial charge >= 0.3 is 0 Å². The summed E-state index contributed by atoms with van der Waals surface area (Å²) < 4.78 is 6.38. The Bertz CT molecular complexity index is 743. The molecule has 3 rings (SSSR count). The third kappa shape index (κ3) is 3.62. The maximum Gasteiger partial charge on any atom is 0.108 e. The van der Waals surface area contributed by atoms with Crippen LogP contribution in [0, 0.1) is 5.92 Å². The maximum atomic E-state index is 6.38. The largest absolute Gasteiger partial charge is 0.368 e. The average Bonchev–Trinajstić information content (AvgIpc) is 2.62. The van der Waals surface area contributed by atoms with Gasteiger partial charge in [-0.3, -0.25) is 0 Å². The SMILES string of the molecule is CCC(C)COC(c1ccccc1)c1cccc2ccccc12. The molecule has 2 atom stereocenters. The molecular formula is C22H24O. The van der Waals surface area contributed by atoms with Crippen molar-refractivity contribution in [1.82, 2.24) is 0 Å². The minimum Gasteiger partial charge on any atom is -0.368 e. The standard InChI is InChI=1S/C22H24O/c1-3-17(2)16-23-22(19-11-5-4-6-12-19)21-15-9-13-18-10-7-8-14-20(18)21/h4-15,17,22H,3,16H2,1-2H3. The van der Waals surface area contributed by atoms with E-state index in [-0.39, 0.29) is 6.10 Å². The predicted octanol–water partition coefficient (Wildman–Crippen LogP) is 5.99. The molecule has 0 N–H and O–H groups in total. The van der Waals surface area contributed by atoms with Crippen LogP contribution in [0.4, 0.5) is 0 Å². The fraction of sp³-hybridized carbons (Fsp3) is 0.273. The van der Waals surface area contributed by atoms with E-state index in [9.17, 15) is 0 Å². The molecule has 2 unspecified atom stereocenters. The summed E-state index contributed by atoms with van der Waals surface area (Å²) in [7, 11) is 0. The van der Waals surface area contributed by atoms with Crippen LogP contribution in [0.15, 0.2) is 72.8 Å². The summed E-state index contributed by atoms with van der Waals surface area (Å²) in [5.74, 6) is 0.566. The Morgan fingerprint density at radius 1 is 0.826 bits per heavy atom. The number of benzene rings is 3. The Hall–Kier alpha value is -2.12. The lowest BCUT2D eigenvalue weighted by Crippen LogP contribution is -2.12. The third-order valence-electron chi connectivity index (χ3n) is 4.45. The van der Waals surface area contributed by atoms with Crippen LogP contribution in [0.5, 0.6) is 0 Å². The van der Waals surface area contributed by atoms with E-state index in [1.54, 1.807) is 0 Å². The Morgan fingerprint density at radius 3 is 2.30 bits per heavy atom. The van der Waals surface area contributed by atoms with Crippen molar-refractivity contribution >= 4 is 10.8 Å². The number of fused-ring (bicyclic) bond motifs is 1. The molecule has 0 aliphatic rings. The van der Waals surface area contributed by atoms with Crippen LogP contribution in [0.25, 0.3) is 10.8 Å². The minimum absolute atomic E-state index is 0.0173. The number of hydrogen-bond donors (Lipinski definition) is 0. The first-order chi connectivity index (χ1) is 11.3. The first-order valence-corrected chi connectivity index (χ1v) is 8.43. The zero-order chi connectivity index (χ0) is 16.1. The van der Waals surface area contributed by atoms with Gasteiger partial charge in [-0.15, -0.1) is 0 Å². The van der Waals surface area contributed by atoms with Crippen molar-refractivity contribution in [3.05, 3.63) is 83.9 Å². The zero-order valence-electron chi connectivity index (χ0n) is 13.9. The number of hydrogen-bond acceptors (Lipinski definition) is 1. The average molecular weight is 304 g/mol. The molecule has 0 radical (unpaired) electrons. The van der Waals surface area contributed by atoms with Gasteiger partial charge in [0.05, 0.1) is 6.61 Å². The van der Waals surface area contributed by atoms with E-state index in [4.69, 9.17) is 4.74 Å². The van der Waals surface area contributed by atoms with Crippen molar-refractivity contribution in [2.24, 2.45) is 5.92 Å². The molecule has 118 valence electrons. The molecule has 0 aliphatic heterocycles. The van der Waals surface area contributed by atoms with Gasteiger partial charge in [-0.2, -0.15) is 0 Å². The smallest absolute Gasteiger partial charge is 0.108 e. The van der Waals surface area contributed by atoms with E-state index < -0.39 is 0 Å². The van der Waals surface area contributed by atoms with E-state index in [0.29, 0.717) is 5.92 Å². The first kappa shape index (κ1) is 15.8. The van der Waals surface area contributed by atoms with Gasteiger partial charge in [-0.25, -0.2) is 0 Å². The molecule has 3 aromatic carbocycles. The topological polar surface area (TPSA) is 9.23 Å². The van der Waals surface area contributed by atoms with Gasteiger partial charge in [0.1, 0.15) is 6.10 Å². The summed E-state index contributed by atoms with van der Waals surface area (Å²) in [6.07, 6.45) is 1.12. The quantitative estimate of drug-likeness (QED) is 0.543. The molecular weight excluding hydrogens is 280 g/mol. The van der Waals surface area contributed by atoms with Crippen molar-refractivity contribution in [3.63, 3.8) is 0 Å². The van der Waals surface area contributed by atoms with E-state index in [1.165, 1.54) is 21.9 Å². The van der Waals surface area contributed by atoms with Gasteiger partial charge in [-0.1, -0.05) is 93.1 Å². The normalized spacial score (nSPS) is 13.8. The van der Waals surface area contributed by atoms with E-state index in [2.05, 4.69) is 86.6 Å². The van der Waals surface area contributed by atoms with Crippen molar-refractivity contribution in [3.8, 4) is 0 Å². The molecule has 1 heteroatoms. The molecule has 0 bridgehead atoms. The molecule has 0 aliphatic carbocycles. The molecule has 3 aromatic rings. The summed E-state index contributed by atoms with van der Waals surface area (Å²) >= 11 is 0. The second-order valence-electron chi connectivity index (χ2n) is 6.21. The highest BCUT2D eigenvalue weighted by Crippen LogP contribution is 2.32. The highest BCUT2D eigenvalue weighted by molar-refractivity contribution is 5.86. The zero-order valence-corrected chi connectivity index (χ0v) is 13.9. The lowest BCUT2D eigenvalue weighted by molar-refractivity contribution is 0.0561. The van der Waals surface area contributed by atoms with Gasteiger partial charge in [0.25, 0.3) is 0 Å². The Kier molecular flexibility index (Phi) is 5.09. The molecule has 0 amide bonds. The lowest BCUT2D eigenvalue weighted by Gasteiger charge is -2.22. The van der Waals surface area contributed by atoms with E-state index in [1.807, 2.05) is 0 Å². The molecule has 0 aromatic heterocycles. The fourth-order valence-corrected chi connectivity index (χ4v) is 2.85. The van der Waals surface area contributed by atoms with Crippen molar-refractivity contribution in [1.29, 1.82) is 0 Å². The lowest BCUT2D eigenvalue weighted by atomic mass is 9.95. The van der Waals surface area contributed by atoms with Crippen LogP contribution in [-0.2, 0) is 4.74 Å². The summed E-state index contributed by atoms with van der Waals surface area (Å²) in [5.41, 5.74) is 2.46. The van der Waals surface area contributed by atoms with Crippen molar-refractivity contribution in [2.45, 2.75) is 26.4 Å². The Labute approximate surface area is 138 Å². The van der Waals surface area contributed by atoms with Gasteiger partial charge in [0, 0.05) is 0 Å². The molecule has 1 nitrogen and oxygen atoms in total. The van der Waals surface area contributed by atoms with Crippen LogP contribution in [-0.4, -0.2) is 6.61 Å². The van der Waals surface area contributed by atoms with Gasteiger partial charge in [-0.05, 0) is 27.8 Å². The van der Waals surface area contributed by atoms with Gasteiger partial charge in [0.2, 0.25) is 0 Å². The van der Waals surface area contributed by atoms with Crippen LogP contribution < -0.4 is 0 Å². The molecule has 0 heterocycles. The van der Waals surface area contributed by atoms with Crippen molar-refractivity contribution in [2.75, 3.05) is 6.61 Å². The van der Waals surface area contributed by atoms with Crippen LogP contribution in [0.1, 0.15) is 37.5 Å². The van der Waals surface area contributed by atoms with Gasteiger partial charge in [0.15, 0.2) is 0 Å². The molecule has 23 heavy (non-hydrogen) atoms. The van der Waals surface area contributed by atoms with Crippen LogP contribution in [0.2, 0.25) is 0 Å². The second kappa shape index (κ2) is 7.43. The molecule has 0 saturated heterocycles. The molecule has 0 spiro atoms. The second-order valence-corrected chi connectivity index (χ2v) is 6.21. The first-order valence-electron chi connectivity index (χ1n) is 8.43. The minimum atomic E-state index is -0.0173. The number of ether oxygens (including phenoxy) is 1. The monoisotopic (exact) mass is 304 g/mol. The van der Waals surface area contributed by atoms with Gasteiger partial charge < -0.3 is 4.74 Å². The fourth-order valence-electron chi connectivity index (χ4n) is 2.85. The molecule has 0 saturated carbocycles. The highest BCUT2D eigenvalue weighted by Gasteiger charge is 2.18. The maximum absolute atomic E-state index is 6.38. The predicted molar refractivity (Wildman–Crippen MR) is 97.6 cm³/mol. The molecule has 0 fully saturated rings. The summed E-state index contributed by atoms with van der Waals surface area (Å²) in [4.78, 5) is 0. The summed E-state index contributed by atoms with van der Waals surface area (Å²) in [5, 5.41) is 2.53. The third-order valence-corrected chi connectivity index (χ3v) is 4.45. The van der Waals surface area contributed by atoms with E-state index >= 15 is 0 Å². The summed E-state index contributed by atoms with van der Waals surface area (Å²) in [6.45, 7) is 5.23. The highest BCUT2D eigenvalue weighted by atomic mass is 16.5. The number of rotatable bonds is 6. The van der Waals surface area contributed by atoms with E-state index in [0.717, 1.165) is 13.0 Å². The Balaban J connectivity index is 2.03. The van der Waals surface area contributed by atoms with Crippen LogP contribution >= 0.6 is 0 Å². The summed E-state index contributed by atoms with van der Waals surface area (Å²) in [6, 6.07) is 25.5. The van der Waals surface area contributed by atoms with Crippen LogP contribution in [0.3, 0.4) is 0 Å². The Morgan fingerprint density at radius 2 is 1.52 bits per heavy atom. The van der Waals surface area contributed by atoms with Crippen molar-refractivity contribution < 1.29 is 4.74 Å².